The zero-order chi connectivity index (χ0) is 14.7. The number of halogens is 1. The minimum atomic E-state index is 0.135. The lowest BCUT2D eigenvalue weighted by Crippen LogP contribution is -2.20. The lowest BCUT2D eigenvalue weighted by molar-refractivity contribution is 0.581. The molecule has 0 spiro atoms. The lowest BCUT2D eigenvalue weighted by atomic mass is 9.99. The molecular weight excluding hydrogens is 280 g/mol. The van der Waals surface area contributed by atoms with E-state index < -0.39 is 0 Å². The zero-order valence-corrected chi connectivity index (χ0v) is 12.6. The molecule has 0 aliphatic heterocycles. The number of nitrogens with one attached hydrogen (secondary N) is 1. The highest BCUT2D eigenvalue weighted by atomic mass is 35.5. The van der Waals surface area contributed by atoms with Crippen molar-refractivity contribution in [3.05, 3.63) is 77.1 Å². The fourth-order valence-corrected chi connectivity index (χ4v) is 2.85. The maximum Gasteiger partial charge on any atom is 0.0654 e. The van der Waals surface area contributed by atoms with Crippen LogP contribution in [0, 0.1) is 0 Å². The Morgan fingerprint density at radius 3 is 2.62 bits per heavy atom. The Kier molecular flexibility index (Phi) is 4.18. The predicted octanol–water partition coefficient (Wildman–Crippen LogP) is 4.39. The monoisotopic (exact) mass is 296 g/mol. The van der Waals surface area contributed by atoms with Gasteiger partial charge in [0, 0.05) is 16.6 Å². The number of hydrogen-bond donors (Lipinski definition) is 1. The lowest BCUT2D eigenvalue weighted by Gasteiger charge is -2.18. The Morgan fingerprint density at radius 1 is 1.05 bits per heavy atom. The normalized spacial score (nSPS) is 12.5. The molecule has 1 atom stereocenters. The summed E-state index contributed by atoms with van der Waals surface area (Å²) < 4.78 is 0. The van der Waals surface area contributed by atoms with Gasteiger partial charge in [0.1, 0.15) is 0 Å². The standard InChI is InChI=1S/C18H17ClN2/c1-20-17(12-14-7-3-5-9-16(14)19)18-15-8-4-2-6-13(15)10-11-21-18/h2-11,17,20H,12H2,1H3. The molecule has 0 bridgehead atoms. The van der Waals surface area contributed by atoms with Crippen molar-refractivity contribution < 1.29 is 0 Å². The third kappa shape index (κ3) is 2.92. The molecule has 21 heavy (non-hydrogen) atoms. The van der Waals surface area contributed by atoms with Crippen LogP contribution < -0.4 is 5.32 Å². The van der Waals surface area contributed by atoms with Crippen LogP contribution in [0.1, 0.15) is 17.3 Å². The van der Waals surface area contributed by atoms with Crippen LogP contribution in [0.15, 0.2) is 60.8 Å². The molecule has 2 aromatic carbocycles. The second-order valence-electron chi connectivity index (χ2n) is 5.05. The highest BCUT2D eigenvalue weighted by Crippen LogP contribution is 2.26. The average molecular weight is 297 g/mol. The number of nitrogens with zero attached hydrogens (tertiary/aromatic N) is 1. The van der Waals surface area contributed by atoms with Gasteiger partial charge in [0.2, 0.25) is 0 Å². The van der Waals surface area contributed by atoms with E-state index >= 15 is 0 Å². The summed E-state index contributed by atoms with van der Waals surface area (Å²) in [7, 11) is 1.96. The summed E-state index contributed by atoms with van der Waals surface area (Å²) in [4.78, 5) is 4.60. The molecule has 0 aliphatic carbocycles. The zero-order valence-electron chi connectivity index (χ0n) is 11.9. The van der Waals surface area contributed by atoms with E-state index in [-0.39, 0.29) is 6.04 Å². The number of fused-ring (bicyclic) bond motifs is 1. The van der Waals surface area contributed by atoms with E-state index in [2.05, 4.69) is 40.6 Å². The minimum absolute atomic E-state index is 0.135. The van der Waals surface area contributed by atoms with Crippen molar-refractivity contribution in [2.45, 2.75) is 12.5 Å². The van der Waals surface area contributed by atoms with Crippen molar-refractivity contribution in [1.29, 1.82) is 0 Å². The molecular formula is C18H17ClN2. The van der Waals surface area contributed by atoms with Gasteiger partial charge in [-0.05, 0) is 36.6 Å². The van der Waals surface area contributed by atoms with Gasteiger partial charge >= 0.3 is 0 Å². The van der Waals surface area contributed by atoms with Crippen LogP contribution >= 0.6 is 11.6 Å². The van der Waals surface area contributed by atoms with Gasteiger partial charge in [-0.2, -0.15) is 0 Å². The van der Waals surface area contributed by atoms with Crippen LogP contribution in [-0.2, 0) is 6.42 Å². The largest absolute Gasteiger partial charge is 0.311 e. The third-order valence-electron chi connectivity index (χ3n) is 3.76. The molecule has 1 aromatic heterocycles. The van der Waals surface area contributed by atoms with Crippen molar-refractivity contribution in [2.75, 3.05) is 7.05 Å². The molecule has 0 saturated carbocycles. The van der Waals surface area contributed by atoms with E-state index in [1.54, 1.807) is 0 Å². The predicted molar refractivity (Wildman–Crippen MR) is 88.7 cm³/mol. The molecule has 0 amide bonds. The molecule has 3 heteroatoms. The van der Waals surface area contributed by atoms with Crippen molar-refractivity contribution in [3.8, 4) is 0 Å². The second-order valence-corrected chi connectivity index (χ2v) is 5.46. The molecule has 2 nitrogen and oxygen atoms in total. The van der Waals surface area contributed by atoms with E-state index in [4.69, 9.17) is 11.6 Å². The van der Waals surface area contributed by atoms with Gasteiger partial charge in [-0.15, -0.1) is 0 Å². The van der Waals surface area contributed by atoms with Crippen LogP contribution in [0.3, 0.4) is 0 Å². The molecule has 3 rings (SSSR count). The van der Waals surface area contributed by atoms with E-state index in [1.165, 1.54) is 10.8 Å². The Morgan fingerprint density at radius 2 is 1.81 bits per heavy atom. The fraction of sp³-hybridized carbons (Fsp3) is 0.167. The maximum absolute atomic E-state index is 6.28. The number of rotatable bonds is 4. The Hall–Kier alpha value is -1.90. The smallest absolute Gasteiger partial charge is 0.0654 e. The van der Waals surface area contributed by atoms with E-state index in [9.17, 15) is 0 Å². The SMILES string of the molecule is CNC(Cc1ccccc1Cl)c1nccc2ccccc12. The Balaban J connectivity index is 2.01. The van der Waals surface area contributed by atoms with Crippen LogP contribution in [0.25, 0.3) is 10.8 Å². The van der Waals surface area contributed by atoms with E-state index in [0.29, 0.717) is 0 Å². The first-order chi connectivity index (χ1) is 10.3. The summed E-state index contributed by atoms with van der Waals surface area (Å²) in [5.74, 6) is 0. The summed E-state index contributed by atoms with van der Waals surface area (Å²) in [6.07, 6.45) is 2.69. The van der Waals surface area contributed by atoms with Gasteiger partial charge in [-0.1, -0.05) is 54.1 Å². The minimum Gasteiger partial charge on any atom is -0.311 e. The molecule has 1 unspecified atom stereocenters. The van der Waals surface area contributed by atoms with Crippen LogP contribution in [-0.4, -0.2) is 12.0 Å². The molecule has 1 heterocycles. The van der Waals surface area contributed by atoms with Gasteiger partial charge in [0.25, 0.3) is 0 Å². The molecule has 0 saturated heterocycles. The first-order valence-electron chi connectivity index (χ1n) is 7.04. The number of benzene rings is 2. The topological polar surface area (TPSA) is 24.9 Å². The molecule has 3 aromatic rings. The summed E-state index contributed by atoms with van der Waals surface area (Å²) in [5, 5.41) is 6.57. The Labute approximate surface area is 129 Å². The number of pyridine rings is 1. The van der Waals surface area contributed by atoms with Crippen LogP contribution in [0.5, 0.6) is 0 Å². The summed E-state index contributed by atoms with van der Waals surface area (Å²) in [6.45, 7) is 0. The first-order valence-corrected chi connectivity index (χ1v) is 7.41. The van der Waals surface area contributed by atoms with Gasteiger partial charge in [-0.25, -0.2) is 0 Å². The van der Waals surface area contributed by atoms with Gasteiger partial charge in [0.15, 0.2) is 0 Å². The van der Waals surface area contributed by atoms with E-state index in [1.807, 2.05) is 37.5 Å². The first kappa shape index (κ1) is 14.1. The molecule has 106 valence electrons. The average Bonchev–Trinajstić information content (AvgIpc) is 2.54. The Bertz CT molecular complexity index is 750. The highest BCUT2D eigenvalue weighted by Gasteiger charge is 2.15. The molecule has 1 N–H and O–H groups in total. The number of likely N-dealkylation sites (N-methyl/N-ethyl adjacent to an activating group) is 1. The fourth-order valence-electron chi connectivity index (χ4n) is 2.64. The summed E-state index contributed by atoms with van der Waals surface area (Å²) in [5.41, 5.74) is 2.20. The maximum atomic E-state index is 6.28. The van der Waals surface area contributed by atoms with Crippen molar-refractivity contribution in [1.82, 2.24) is 10.3 Å². The summed E-state index contributed by atoms with van der Waals surface area (Å²) >= 11 is 6.28. The summed E-state index contributed by atoms with van der Waals surface area (Å²) in [6, 6.07) is 18.5. The third-order valence-corrected chi connectivity index (χ3v) is 4.13. The molecule has 0 aliphatic rings. The van der Waals surface area contributed by atoms with Crippen molar-refractivity contribution >= 4 is 22.4 Å². The van der Waals surface area contributed by atoms with Crippen LogP contribution in [0.2, 0.25) is 5.02 Å². The van der Waals surface area contributed by atoms with Gasteiger partial charge < -0.3 is 5.32 Å². The van der Waals surface area contributed by atoms with Crippen molar-refractivity contribution in [3.63, 3.8) is 0 Å². The number of aromatic nitrogens is 1. The highest BCUT2D eigenvalue weighted by molar-refractivity contribution is 6.31. The number of hydrogen-bond acceptors (Lipinski definition) is 2. The van der Waals surface area contributed by atoms with E-state index in [0.717, 1.165) is 22.7 Å². The van der Waals surface area contributed by atoms with Crippen molar-refractivity contribution in [2.24, 2.45) is 0 Å². The van der Waals surface area contributed by atoms with Gasteiger partial charge in [-0.3, -0.25) is 4.98 Å². The quantitative estimate of drug-likeness (QED) is 0.772. The molecule has 0 radical (unpaired) electrons. The second kappa shape index (κ2) is 6.25. The van der Waals surface area contributed by atoms with Crippen LogP contribution in [0.4, 0.5) is 0 Å². The molecule has 0 fully saturated rings. The van der Waals surface area contributed by atoms with Gasteiger partial charge in [0.05, 0.1) is 11.7 Å².